The molecule has 0 atom stereocenters. The Morgan fingerprint density at radius 2 is 2.03 bits per heavy atom. The van der Waals surface area contributed by atoms with Crippen molar-refractivity contribution in [2.24, 2.45) is 7.05 Å². The Hall–Kier alpha value is -3.81. The number of rotatable bonds is 6. The molecule has 29 heavy (non-hydrogen) atoms. The molecule has 0 aliphatic rings. The molecule has 1 aromatic carbocycles. The molecule has 0 spiro atoms. The predicted molar refractivity (Wildman–Crippen MR) is 109 cm³/mol. The molecule has 8 nitrogen and oxygen atoms in total. The van der Waals surface area contributed by atoms with Gasteiger partial charge in [-0.1, -0.05) is 12.1 Å². The van der Waals surface area contributed by atoms with Gasteiger partial charge in [0.2, 0.25) is 0 Å². The van der Waals surface area contributed by atoms with Crippen molar-refractivity contribution >= 4 is 17.2 Å². The fourth-order valence-corrected chi connectivity index (χ4v) is 3.45. The Kier molecular flexibility index (Phi) is 4.67. The van der Waals surface area contributed by atoms with Crippen LogP contribution in [0.5, 0.6) is 5.75 Å². The molecule has 148 valence electrons. The van der Waals surface area contributed by atoms with E-state index in [4.69, 9.17) is 4.74 Å². The quantitative estimate of drug-likeness (QED) is 0.523. The van der Waals surface area contributed by atoms with Gasteiger partial charge in [-0.15, -0.1) is 0 Å². The van der Waals surface area contributed by atoms with Crippen molar-refractivity contribution in [2.75, 3.05) is 12.4 Å². The number of methoxy groups -OCH3 is 1. The maximum atomic E-state index is 11.6. The van der Waals surface area contributed by atoms with Gasteiger partial charge in [-0.2, -0.15) is 10.2 Å². The second-order valence-electron chi connectivity index (χ2n) is 6.82. The number of anilines is 1. The maximum Gasteiger partial charge on any atom is 0.338 e. The highest BCUT2D eigenvalue weighted by atomic mass is 16.5. The Bertz CT molecular complexity index is 1210. The number of hydrogen-bond acceptors (Lipinski definition) is 5. The number of carboxylic acids is 1. The average molecular weight is 391 g/mol. The summed E-state index contributed by atoms with van der Waals surface area (Å²) in [7, 11) is 3.49. The summed E-state index contributed by atoms with van der Waals surface area (Å²) in [5, 5.41) is 21.4. The number of nitrogens with zero attached hydrogens (tertiary/aromatic N) is 4. The van der Waals surface area contributed by atoms with Gasteiger partial charge >= 0.3 is 5.97 Å². The molecule has 8 heteroatoms. The van der Waals surface area contributed by atoms with Crippen LogP contribution in [0.3, 0.4) is 0 Å². The van der Waals surface area contributed by atoms with Gasteiger partial charge in [0.25, 0.3) is 0 Å². The molecular formula is C21H21N5O3. The number of fused-ring (bicyclic) bond motifs is 1. The number of hydrogen-bond donors (Lipinski definition) is 2. The number of aromatic carboxylic acids is 1. The van der Waals surface area contributed by atoms with Crippen LogP contribution in [-0.4, -0.2) is 37.6 Å². The molecule has 0 aliphatic carbocycles. The number of nitrogens with one attached hydrogen (secondary N) is 1. The third-order valence-electron chi connectivity index (χ3n) is 4.87. The zero-order valence-electron chi connectivity index (χ0n) is 16.4. The number of ether oxygens (including phenoxy) is 1. The lowest BCUT2D eigenvalue weighted by Crippen LogP contribution is -2.08. The first-order valence-corrected chi connectivity index (χ1v) is 9.08. The van der Waals surface area contributed by atoms with E-state index >= 15 is 0 Å². The number of carbonyl (C=O) groups is 1. The van der Waals surface area contributed by atoms with Crippen LogP contribution >= 0.6 is 0 Å². The highest BCUT2D eigenvalue weighted by Crippen LogP contribution is 2.30. The first-order chi connectivity index (χ1) is 14.0. The SMILES string of the molecule is COc1cc(-c2cnn(C)c2)cn2ncc(CNc3cccc(C)c3C(=O)O)c12. The van der Waals surface area contributed by atoms with Gasteiger partial charge in [0.05, 0.1) is 25.1 Å². The van der Waals surface area contributed by atoms with Gasteiger partial charge < -0.3 is 15.2 Å². The molecule has 0 bridgehead atoms. The normalized spacial score (nSPS) is 11.0. The highest BCUT2D eigenvalue weighted by Gasteiger charge is 2.16. The Labute approximate surface area is 167 Å². The highest BCUT2D eigenvalue weighted by molar-refractivity contribution is 5.95. The Morgan fingerprint density at radius 3 is 2.72 bits per heavy atom. The number of aryl methyl sites for hydroxylation is 2. The first kappa shape index (κ1) is 18.5. The molecular weight excluding hydrogens is 370 g/mol. The van der Waals surface area contributed by atoms with Gasteiger partial charge in [0.15, 0.2) is 0 Å². The van der Waals surface area contributed by atoms with Gasteiger partial charge in [0, 0.05) is 48.4 Å². The number of aromatic nitrogens is 4. The second kappa shape index (κ2) is 7.31. The summed E-state index contributed by atoms with van der Waals surface area (Å²) in [5.74, 6) is -0.271. The molecule has 4 aromatic rings. The molecule has 3 heterocycles. The topological polar surface area (TPSA) is 93.7 Å². The number of pyridine rings is 1. The molecule has 0 fully saturated rings. The molecule has 0 saturated carbocycles. The van der Waals surface area contributed by atoms with Crippen molar-refractivity contribution in [2.45, 2.75) is 13.5 Å². The maximum absolute atomic E-state index is 11.6. The average Bonchev–Trinajstić information content (AvgIpc) is 3.31. The van der Waals surface area contributed by atoms with Crippen molar-refractivity contribution in [3.8, 4) is 16.9 Å². The second-order valence-corrected chi connectivity index (χ2v) is 6.82. The first-order valence-electron chi connectivity index (χ1n) is 9.08. The molecule has 3 aromatic heterocycles. The minimum absolute atomic E-state index is 0.273. The van der Waals surface area contributed by atoms with Crippen LogP contribution in [0.15, 0.2) is 49.1 Å². The molecule has 0 amide bonds. The number of carboxylic acid groups (broad SMARTS) is 1. The van der Waals surface area contributed by atoms with Gasteiger partial charge in [-0.3, -0.25) is 4.68 Å². The van der Waals surface area contributed by atoms with Crippen molar-refractivity contribution in [1.82, 2.24) is 19.4 Å². The van der Waals surface area contributed by atoms with Crippen LogP contribution in [0.1, 0.15) is 21.5 Å². The Balaban J connectivity index is 1.69. The largest absolute Gasteiger partial charge is 0.494 e. The summed E-state index contributed by atoms with van der Waals surface area (Å²) in [4.78, 5) is 11.6. The van der Waals surface area contributed by atoms with Crippen LogP contribution < -0.4 is 10.1 Å². The monoisotopic (exact) mass is 391 g/mol. The van der Waals surface area contributed by atoms with E-state index in [9.17, 15) is 9.90 Å². The smallest absolute Gasteiger partial charge is 0.338 e. The molecule has 0 radical (unpaired) electrons. The van der Waals surface area contributed by atoms with Crippen LogP contribution in [0.4, 0.5) is 5.69 Å². The third-order valence-corrected chi connectivity index (χ3v) is 4.87. The van der Waals surface area contributed by atoms with E-state index in [-0.39, 0.29) is 5.56 Å². The van der Waals surface area contributed by atoms with Crippen molar-refractivity contribution in [1.29, 1.82) is 0 Å². The molecule has 0 aliphatic heterocycles. The molecule has 0 saturated heterocycles. The summed E-state index contributed by atoms with van der Waals surface area (Å²) in [5.41, 5.74) is 5.19. The van der Waals surface area contributed by atoms with E-state index < -0.39 is 5.97 Å². The minimum Gasteiger partial charge on any atom is -0.494 e. The lowest BCUT2D eigenvalue weighted by atomic mass is 10.1. The number of benzene rings is 1. The third kappa shape index (κ3) is 3.40. The van der Waals surface area contributed by atoms with E-state index in [0.717, 1.165) is 22.2 Å². The van der Waals surface area contributed by atoms with E-state index in [0.29, 0.717) is 23.5 Å². The minimum atomic E-state index is -0.954. The summed E-state index contributed by atoms with van der Waals surface area (Å²) in [6.45, 7) is 2.20. The lowest BCUT2D eigenvalue weighted by molar-refractivity contribution is 0.0697. The van der Waals surface area contributed by atoms with E-state index in [1.165, 1.54) is 0 Å². The van der Waals surface area contributed by atoms with E-state index in [2.05, 4.69) is 15.5 Å². The van der Waals surface area contributed by atoms with Gasteiger partial charge in [-0.05, 0) is 24.6 Å². The summed E-state index contributed by atoms with van der Waals surface area (Å²) in [6.07, 6.45) is 7.40. The summed E-state index contributed by atoms with van der Waals surface area (Å²) in [6, 6.07) is 7.33. The zero-order chi connectivity index (χ0) is 20.5. The molecule has 4 rings (SSSR count). The molecule has 0 unspecified atom stereocenters. The fraction of sp³-hybridized carbons (Fsp3) is 0.190. The lowest BCUT2D eigenvalue weighted by Gasteiger charge is -2.12. The van der Waals surface area contributed by atoms with Crippen LogP contribution in [0.2, 0.25) is 0 Å². The van der Waals surface area contributed by atoms with Crippen molar-refractivity contribution < 1.29 is 14.6 Å². The molecule has 2 N–H and O–H groups in total. The summed E-state index contributed by atoms with van der Waals surface area (Å²) < 4.78 is 9.13. The zero-order valence-corrected chi connectivity index (χ0v) is 16.4. The van der Waals surface area contributed by atoms with Crippen LogP contribution in [0.25, 0.3) is 16.6 Å². The fourth-order valence-electron chi connectivity index (χ4n) is 3.45. The van der Waals surface area contributed by atoms with Gasteiger partial charge in [-0.25, -0.2) is 9.31 Å². The van der Waals surface area contributed by atoms with Gasteiger partial charge in [0.1, 0.15) is 11.3 Å². The standard InChI is InChI=1S/C21H21N5O3/c1-13-5-4-6-17(19(13)21(27)28)22-8-15-9-24-26-12-14(7-18(29-3)20(15)26)16-10-23-25(2)11-16/h4-7,9-12,22H,8H2,1-3H3,(H,27,28). The van der Waals surface area contributed by atoms with Crippen molar-refractivity contribution in [3.05, 3.63) is 65.7 Å². The Morgan fingerprint density at radius 1 is 1.21 bits per heavy atom. The van der Waals surface area contributed by atoms with Crippen molar-refractivity contribution in [3.63, 3.8) is 0 Å². The predicted octanol–water partition coefficient (Wildman–Crippen LogP) is 3.36. The van der Waals surface area contributed by atoms with Crippen LogP contribution in [-0.2, 0) is 13.6 Å². The summed E-state index contributed by atoms with van der Waals surface area (Å²) >= 11 is 0. The van der Waals surface area contributed by atoms with E-state index in [1.807, 2.05) is 31.6 Å². The van der Waals surface area contributed by atoms with E-state index in [1.54, 1.807) is 47.8 Å². The van der Waals surface area contributed by atoms with Crippen LogP contribution in [0, 0.1) is 6.92 Å².